The molecule has 186 valence electrons. The Kier molecular flexibility index (Phi) is 7.76. The number of para-hydroxylation sites is 1. The number of amides is 1. The van der Waals surface area contributed by atoms with Crippen LogP contribution in [0.1, 0.15) is 35.6 Å². The quantitative estimate of drug-likeness (QED) is 0.311. The minimum Gasteiger partial charge on any atom is -0.383 e. The first-order valence-electron chi connectivity index (χ1n) is 11.4. The fourth-order valence-corrected chi connectivity index (χ4v) is 4.31. The van der Waals surface area contributed by atoms with Gasteiger partial charge >= 0.3 is 0 Å². The molecule has 6 nitrogen and oxygen atoms in total. The number of ether oxygens (including phenoxy) is 1. The van der Waals surface area contributed by atoms with Crippen LogP contribution in [0.4, 0.5) is 8.78 Å². The van der Waals surface area contributed by atoms with E-state index < -0.39 is 17.7 Å². The maximum atomic E-state index is 14.0. The van der Waals surface area contributed by atoms with E-state index in [1.807, 2.05) is 6.92 Å². The molecule has 0 bridgehead atoms. The Labute approximate surface area is 211 Å². The molecule has 9 heteroatoms. The molecule has 0 spiro atoms. The summed E-state index contributed by atoms with van der Waals surface area (Å²) in [5.74, 6) is -1.16. The van der Waals surface area contributed by atoms with Crippen LogP contribution in [0.25, 0.3) is 16.6 Å². The molecule has 1 aromatic heterocycles. The SMILES string of the molecule is CCC(c1nc2ccccc2c(=O)n1-c1ccc(F)c(Cl)c1)N(CCOC)C(=O)c1ccc(F)cc1. The van der Waals surface area contributed by atoms with Gasteiger partial charge in [-0.3, -0.25) is 14.2 Å². The molecule has 1 amide bonds. The van der Waals surface area contributed by atoms with Crippen LogP contribution in [-0.4, -0.2) is 40.6 Å². The van der Waals surface area contributed by atoms with Crippen molar-refractivity contribution in [1.29, 1.82) is 0 Å². The molecule has 0 aliphatic carbocycles. The molecule has 0 radical (unpaired) electrons. The predicted molar refractivity (Wildman–Crippen MR) is 135 cm³/mol. The van der Waals surface area contributed by atoms with E-state index in [0.29, 0.717) is 23.0 Å². The second-order valence-electron chi connectivity index (χ2n) is 8.15. The van der Waals surface area contributed by atoms with Gasteiger partial charge in [-0.25, -0.2) is 13.8 Å². The second-order valence-corrected chi connectivity index (χ2v) is 8.56. The first-order valence-corrected chi connectivity index (χ1v) is 11.8. The van der Waals surface area contributed by atoms with E-state index in [4.69, 9.17) is 21.3 Å². The third-order valence-corrected chi connectivity index (χ3v) is 6.20. The van der Waals surface area contributed by atoms with Crippen LogP contribution in [0, 0.1) is 11.6 Å². The lowest BCUT2D eigenvalue weighted by Crippen LogP contribution is -2.40. The van der Waals surface area contributed by atoms with E-state index in [1.165, 1.54) is 54.1 Å². The molecule has 1 unspecified atom stereocenters. The number of nitrogens with zero attached hydrogens (tertiary/aromatic N) is 3. The van der Waals surface area contributed by atoms with Crippen LogP contribution in [0.5, 0.6) is 0 Å². The fourth-order valence-electron chi connectivity index (χ4n) is 4.14. The summed E-state index contributed by atoms with van der Waals surface area (Å²) in [5, 5.41) is 0.218. The highest BCUT2D eigenvalue weighted by Crippen LogP contribution is 2.28. The summed E-state index contributed by atoms with van der Waals surface area (Å²) in [4.78, 5) is 33.6. The molecule has 1 atom stereocenters. The molecule has 0 saturated heterocycles. The average molecular weight is 512 g/mol. The van der Waals surface area contributed by atoms with E-state index in [1.54, 1.807) is 29.2 Å². The van der Waals surface area contributed by atoms with Crippen molar-refractivity contribution in [2.24, 2.45) is 0 Å². The molecule has 3 aromatic carbocycles. The van der Waals surface area contributed by atoms with Crippen LogP contribution in [0.2, 0.25) is 5.02 Å². The van der Waals surface area contributed by atoms with Gasteiger partial charge in [0.15, 0.2) is 0 Å². The van der Waals surface area contributed by atoms with E-state index in [0.717, 1.165) is 0 Å². The minimum absolute atomic E-state index is 0.148. The minimum atomic E-state index is -0.668. The maximum Gasteiger partial charge on any atom is 0.266 e. The lowest BCUT2D eigenvalue weighted by Gasteiger charge is -2.32. The Bertz CT molecular complexity index is 1460. The van der Waals surface area contributed by atoms with Gasteiger partial charge in [0.2, 0.25) is 0 Å². The van der Waals surface area contributed by atoms with Crippen LogP contribution in [-0.2, 0) is 4.74 Å². The van der Waals surface area contributed by atoms with Gasteiger partial charge in [0.25, 0.3) is 11.5 Å². The Morgan fingerprint density at radius 1 is 1.11 bits per heavy atom. The maximum absolute atomic E-state index is 14.0. The van der Waals surface area contributed by atoms with E-state index in [2.05, 4.69) is 0 Å². The van der Waals surface area contributed by atoms with Crippen molar-refractivity contribution in [2.75, 3.05) is 20.3 Å². The van der Waals surface area contributed by atoms with Crippen molar-refractivity contribution in [3.05, 3.63) is 105 Å². The zero-order valence-electron chi connectivity index (χ0n) is 19.7. The zero-order valence-corrected chi connectivity index (χ0v) is 20.5. The molecule has 0 saturated carbocycles. The van der Waals surface area contributed by atoms with E-state index >= 15 is 0 Å². The standard InChI is InChI=1S/C27H24ClF2N3O3/c1-3-24(32(14-15-36-2)26(34)17-8-10-18(29)11-9-17)25-31-23-7-5-4-6-20(23)27(35)33(25)19-12-13-22(30)21(28)16-19/h4-13,16,24H,3,14-15H2,1-2H3. The summed E-state index contributed by atoms with van der Waals surface area (Å²) < 4.78 is 34.1. The van der Waals surface area contributed by atoms with Gasteiger partial charge in [0, 0.05) is 19.2 Å². The summed E-state index contributed by atoms with van der Waals surface area (Å²) in [7, 11) is 1.52. The number of benzene rings is 3. The Hall–Kier alpha value is -3.62. The molecule has 0 aliphatic heterocycles. The number of carbonyl (C=O) groups is 1. The first kappa shape index (κ1) is 25.5. The smallest absolute Gasteiger partial charge is 0.266 e. The van der Waals surface area contributed by atoms with Crippen LogP contribution in [0.3, 0.4) is 0 Å². The summed E-state index contributed by atoms with van der Waals surface area (Å²) >= 11 is 6.05. The molecular formula is C27H24ClF2N3O3. The number of rotatable bonds is 8. The van der Waals surface area contributed by atoms with Gasteiger partial charge in [0.1, 0.15) is 17.5 Å². The summed E-state index contributed by atoms with van der Waals surface area (Å²) in [5.41, 5.74) is 0.684. The highest BCUT2D eigenvalue weighted by molar-refractivity contribution is 6.30. The fraction of sp³-hybridized carbons (Fsp3) is 0.222. The van der Waals surface area contributed by atoms with Crippen LogP contribution >= 0.6 is 11.6 Å². The number of halogens is 3. The number of carbonyl (C=O) groups excluding carboxylic acids is 1. The van der Waals surface area contributed by atoms with E-state index in [-0.39, 0.29) is 41.0 Å². The van der Waals surface area contributed by atoms with Gasteiger partial charge in [-0.1, -0.05) is 30.7 Å². The van der Waals surface area contributed by atoms with Crippen molar-refractivity contribution in [2.45, 2.75) is 19.4 Å². The Balaban J connectivity index is 1.95. The third-order valence-electron chi connectivity index (χ3n) is 5.91. The number of methoxy groups -OCH3 is 1. The molecular weight excluding hydrogens is 488 g/mol. The number of aromatic nitrogens is 2. The lowest BCUT2D eigenvalue weighted by atomic mass is 10.1. The highest BCUT2D eigenvalue weighted by atomic mass is 35.5. The topological polar surface area (TPSA) is 64.4 Å². The number of fused-ring (bicyclic) bond motifs is 1. The van der Waals surface area contributed by atoms with Crippen LogP contribution in [0.15, 0.2) is 71.5 Å². The monoisotopic (exact) mass is 511 g/mol. The van der Waals surface area contributed by atoms with Crippen molar-refractivity contribution in [1.82, 2.24) is 14.5 Å². The Morgan fingerprint density at radius 3 is 2.50 bits per heavy atom. The van der Waals surface area contributed by atoms with Gasteiger partial charge < -0.3 is 9.64 Å². The Morgan fingerprint density at radius 2 is 1.83 bits per heavy atom. The van der Waals surface area contributed by atoms with E-state index in [9.17, 15) is 18.4 Å². The normalized spacial score (nSPS) is 12.0. The number of hydrogen-bond donors (Lipinski definition) is 0. The zero-order chi connectivity index (χ0) is 25.8. The molecule has 1 heterocycles. The van der Waals surface area contributed by atoms with Gasteiger partial charge in [0.05, 0.1) is 34.3 Å². The molecule has 0 fully saturated rings. The summed E-state index contributed by atoms with van der Waals surface area (Å²) in [6, 6.07) is 15.4. The lowest BCUT2D eigenvalue weighted by molar-refractivity contribution is 0.0579. The summed E-state index contributed by atoms with van der Waals surface area (Å²) in [6.07, 6.45) is 0.399. The molecule has 0 aliphatic rings. The molecule has 36 heavy (non-hydrogen) atoms. The van der Waals surface area contributed by atoms with Crippen molar-refractivity contribution < 1.29 is 18.3 Å². The van der Waals surface area contributed by atoms with Gasteiger partial charge in [-0.15, -0.1) is 0 Å². The van der Waals surface area contributed by atoms with Gasteiger partial charge in [-0.2, -0.15) is 0 Å². The van der Waals surface area contributed by atoms with Crippen molar-refractivity contribution in [3.63, 3.8) is 0 Å². The first-order chi connectivity index (χ1) is 17.3. The largest absolute Gasteiger partial charge is 0.383 e. The van der Waals surface area contributed by atoms with Crippen molar-refractivity contribution in [3.8, 4) is 5.69 Å². The van der Waals surface area contributed by atoms with Crippen LogP contribution < -0.4 is 5.56 Å². The third kappa shape index (κ3) is 5.01. The molecule has 4 rings (SSSR count). The second kappa shape index (κ2) is 11.0. The molecule has 4 aromatic rings. The molecule has 0 N–H and O–H groups in total. The predicted octanol–water partition coefficient (Wildman–Crippen LogP) is 5.56. The summed E-state index contributed by atoms with van der Waals surface area (Å²) in [6.45, 7) is 2.29. The van der Waals surface area contributed by atoms with Gasteiger partial charge in [-0.05, 0) is 61.0 Å². The number of hydrogen-bond acceptors (Lipinski definition) is 4. The highest BCUT2D eigenvalue weighted by Gasteiger charge is 2.30. The van der Waals surface area contributed by atoms with Crippen molar-refractivity contribution >= 4 is 28.4 Å². The average Bonchev–Trinajstić information content (AvgIpc) is 2.88.